The fourth-order valence-electron chi connectivity index (χ4n) is 1.17. The van der Waals surface area contributed by atoms with Gasteiger partial charge < -0.3 is 5.11 Å². The molecule has 1 aromatic carbocycles. The van der Waals surface area contributed by atoms with Gasteiger partial charge in [0, 0.05) is 13.6 Å². The largest absolute Gasteiger partial charge is 0.478 e. The zero-order valence-corrected chi connectivity index (χ0v) is 9.42. The average Bonchev–Trinajstić information content (AvgIpc) is 2.27. The van der Waals surface area contributed by atoms with Gasteiger partial charge in [0.15, 0.2) is 0 Å². The highest BCUT2D eigenvalue weighted by Crippen LogP contribution is 2.13. The predicted molar refractivity (Wildman–Crippen MR) is 60.8 cm³/mol. The Kier molecular flexibility index (Phi) is 4.44. The van der Waals surface area contributed by atoms with E-state index in [0.29, 0.717) is 5.69 Å². The molecule has 0 heterocycles. The van der Waals surface area contributed by atoms with Crippen molar-refractivity contribution in [3.05, 3.63) is 29.8 Å². The minimum Gasteiger partial charge on any atom is -0.478 e. The monoisotopic (exact) mass is 221 g/mol. The number of carboxylic acid groups (broad SMARTS) is 1. The van der Waals surface area contributed by atoms with E-state index < -0.39 is 5.97 Å². The van der Waals surface area contributed by atoms with Crippen molar-refractivity contribution in [1.82, 2.24) is 5.01 Å². The summed E-state index contributed by atoms with van der Waals surface area (Å²) >= 11 is 0. The molecule has 86 valence electrons. The van der Waals surface area contributed by atoms with Gasteiger partial charge in [-0.15, -0.1) is 5.11 Å². The zero-order valence-electron chi connectivity index (χ0n) is 9.42. The maximum atomic E-state index is 10.6. The van der Waals surface area contributed by atoms with E-state index in [1.54, 1.807) is 17.1 Å². The van der Waals surface area contributed by atoms with Crippen LogP contribution in [-0.2, 0) is 0 Å². The van der Waals surface area contributed by atoms with Gasteiger partial charge in [0.25, 0.3) is 0 Å². The smallest absolute Gasteiger partial charge is 0.335 e. The lowest BCUT2D eigenvalue weighted by Crippen LogP contribution is -2.10. The molecule has 0 saturated carbocycles. The first-order chi connectivity index (χ1) is 7.63. The minimum absolute atomic E-state index is 0.251. The molecule has 0 unspecified atom stereocenters. The van der Waals surface area contributed by atoms with Crippen LogP contribution in [0.2, 0.25) is 0 Å². The zero-order chi connectivity index (χ0) is 12.0. The summed E-state index contributed by atoms with van der Waals surface area (Å²) in [6, 6.07) is 6.28. The van der Waals surface area contributed by atoms with Crippen LogP contribution in [-0.4, -0.2) is 29.7 Å². The predicted octanol–water partition coefficient (Wildman–Crippen LogP) is 2.73. The van der Waals surface area contributed by atoms with Crippen molar-refractivity contribution in [3.63, 3.8) is 0 Å². The van der Waals surface area contributed by atoms with Crippen molar-refractivity contribution < 1.29 is 9.90 Å². The molecule has 0 aliphatic rings. The molecule has 0 amide bonds. The van der Waals surface area contributed by atoms with E-state index in [1.165, 1.54) is 12.1 Å². The van der Waals surface area contributed by atoms with Crippen molar-refractivity contribution in [3.8, 4) is 0 Å². The summed E-state index contributed by atoms with van der Waals surface area (Å²) in [5.41, 5.74) is 0.897. The highest BCUT2D eigenvalue weighted by molar-refractivity contribution is 5.87. The third-order valence-corrected chi connectivity index (χ3v) is 1.97. The molecule has 0 bridgehead atoms. The Morgan fingerprint density at radius 2 is 2.00 bits per heavy atom. The Balaban J connectivity index is 2.64. The number of rotatable bonds is 5. The van der Waals surface area contributed by atoms with E-state index in [-0.39, 0.29) is 5.56 Å². The maximum absolute atomic E-state index is 10.6. The van der Waals surface area contributed by atoms with Crippen LogP contribution < -0.4 is 0 Å². The molecule has 0 aliphatic carbocycles. The van der Waals surface area contributed by atoms with Gasteiger partial charge in [-0.2, -0.15) is 0 Å². The summed E-state index contributed by atoms with van der Waals surface area (Å²) in [5.74, 6) is -0.938. The quantitative estimate of drug-likeness (QED) is 0.614. The van der Waals surface area contributed by atoms with E-state index in [2.05, 4.69) is 17.3 Å². The number of carbonyl (C=O) groups is 1. The van der Waals surface area contributed by atoms with Crippen LogP contribution in [0, 0.1) is 0 Å². The number of hydrogen-bond acceptors (Lipinski definition) is 3. The van der Waals surface area contributed by atoms with E-state index in [4.69, 9.17) is 5.11 Å². The molecule has 0 aliphatic heterocycles. The molecule has 5 heteroatoms. The van der Waals surface area contributed by atoms with Gasteiger partial charge in [0.05, 0.1) is 11.3 Å². The molecular weight excluding hydrogens is 206 g/mol. The van der Waals surface area contributed by atoms with Gasteiger partial charge in [-0.3, -0.25) is 5.01 Å². The Hall–Kier alpha value is -1.91. The molecule has 0 aromatic heterocycles. The Labute approximate surface area is 94.4 Å². The number of carboxylic acids is 1. The molecular formula is C11H15N3O2. The standard InChI is InChI=1S/C11H15N3O2/c1-3-8-14(2)13-12-10-6-4-9(5-7-10)11(15)16/h4-7H,3,8H2,1-2H3,(H,15,16). The molecule has 1 aromatic rings. The lowest BCUT2D eigenvalue weighted by Gasteiger charge is -2.08. The molecule has 0 radical (unpaired) electrons. The minimum atomic E-state index is -0.938. The van der Waals surface area contributed by atoms with E-state index in [9.17, 15) is 4.79 Å². The van der Waals surface area contributed by atoms with Crippen molar-refractivity contribution in [1.29, 1.82) is 0 Å². The van der Waals surface area contributed by atoms with Gasteiger partial charge in [0.1, 0.15) is 0 Å². The Morgan fingerprint density at radius 1 is 1.38 bits per heavy atom. The Morgan fingerprint density at radius 3 is 2.50 bits per heavy atom. The summed E-state index contributed by atoms with van der Waals surface area (Å²) in [4.78, 5) is 10.6. The van der Waals surface area contributed by atoms with Gasteiger partial charge in [-0.1, -0.05) is 12.1 Å². The first-order valence-corrected chi connectivity index (χ1v) is 5.09. The average molecular weight is 221 g/mol. The normalized spacial score (nSPS) is 10.6. The van der Waals surface area contributed by atoms with Crippen LogP contribution in [0.15, 0.2) is 34.6 Å². The number of nitrogens with zero attached hydrogens (tertiary/aromatic N) is 3. The van der Waals surface area contributed by atoms with Crippen LogP contribution in [0.25, 0.3) is 0 Å². The van der Waals surface area contributed by atoms with Gasteiger partial charge >= 0.3 is 5.97 Å². The first kappa shape index (κ1) is 12.2. The second-order valence-corrected chi connectivity index (χ2v) is 3.42. The summed E-state index contributed by atoms with van der Waals surface area (Å²) in [6.07, 6.45) is 1.01. The van der Waals surface area contributed by atoms with Crippen molar-refractivity contribution in [2.24, 2.45) is 10.3 Å². The molecule has 0 saturated heterocycles. The summed E-state index contributed by atoms with van der Waals surface area (Å²) in [7, 11) is 1.85. The molecule has 1 rings (SSSR count). The lowest BCUT2D eigenvalue weighted by molar-refractivity contribution is 0.0697. The third kappa shape index (κ3) is 3.68. The summed E-state index contributed by atoms with van der Waals surface area (Å²) in [6.45, 7) is 2.91. The fraction of sp³-hybridized carbons (Fsp3) is 0.364. The van der Waals surface area contributed by atoms with Crippen molar-refractivity contribution in [2.45, 2.75) is 13.3 Å². The van der Waals surface area contributed by atoms with Crippen LogP contribution in [0.5, 0.6) is 0 Å². The fourth-order valence-corrected chi connectivity index (χ4v) is 1.17. The van der Waals surface area contributed by atoms with Crippen LogP contribution >= 0.6 is 0 Å². The molecule has 0 spiro atoms. The van der Waals surface area contributed by atoms with E-state index >= 15 is 0 Å². The van der Waals surface area contributed by atoms with Gasteiger partial charge in [0.2, 0.25) is 0 Å². The number of aromatic carboxylic acids is 1. The van der Waals surface area contributed by atoms with E-state index in [1.807, 2.05) is 7.05 Å². The van der Waals surface area contributed by atoms with Crippen LogP contribution in [0.1, 0.15) is 23.7 Å². The molecule has 0 atom stereocenters. The van der Waals surface area contributed by atoms with Crippen LogP contribution in [0.3, 0.4) is 0 Å². The molecule has 0 fully saturated rings. The van der Waals surface area contributed by atoms with Crippen LogP contribution in [0.4, 0.5) is 5.69 Å². The molecule has 16 heavy (non-hydrogen) atoms. The number of hydrogen-bond donors (Lipinski definition) is 1. The molecule has 1 N–H and O–H groups in total. The van der Waals surface area contributed by atoms with Gasteiger partial charge in [-0.25, -0.2) is 4.79 Å². The lowest BCUT2D eigenvalue weighted by atomic mass is 10.2. The molecule has 5 nitrogen and oxygen atoms in total. The first-order valence-electron chi connectivity index (χ1n) is 5.09. The number of benzene rings is 1. The third-order valence-electron chi connectivity index (χ3n) is 1.97. The summed E-state index contributed by atoms with van der Waals surface area (Å²) in [5, 5.41) is 18.4. The van der Waals surface area contributed by atoms with Crippen molar-refractivity contribution in [2.75, 3.05) is 13.6 Å². The van der Waals surface area contributed by atoms with Gasteiger partial charge in [-0.05, 0) is 30.7 Å². The van der Waals surface area contributed by atoms with E-state index in [0.717, 1.165) is 13.0 Å². The topological polar surface area (TPSA) is 65.3 Å². The SMILES string of the molecule is CCCN(C)N=Nc1ccc(C(=O)O)cc1. The maximum Gasteiger partial charge on any atom is 0.335 e. The highest BCUT2D eigenvalue weighted by atomic mass is 16.4. The highest BCUT2D eigenvalue weighted by Gasteiger charge is 2.00. The summed E-state index contributed by atoms with van der Waals surface area (Å²) < 4.78 is 0. The van der Waals surface area contributed by atoms with Crippen molar-refractivity contribution >= 4 is 11.7 Å². The second kappa shape index (κ2) is 5.85. The Bertz CT molecular complexity index is 373. The second-order valence-electron chi connectivity index (χ2n) is 3.42.